The fraction of sp³-hybridized carbons (Fsp3) is 0.500. The molecule has 10 nitrogen and oxygen atoms in total. The van der Waals surface area contributed by atoms with Crippen molar-refractivity contribution in [2.45, 2.75) is 45.2 Å². The van der Waals surface area contributed by atoms with Crippen LogP contribution in [-0.2, 0) is 14.4 Å². The Morgan fingerprint density at radius 2 is 1.97 bits per heavy atom. The molecule has 1 unspecified atom stereocenters. The summed E-state index contributed by atoms with van der Waals surface area (Å²) in [7, 11) is 1.55. The van der Waals surface area contributed by atoms with Gasteiger partial charge in [0.25, 0.3) is 5.91 Å². The zero-order valence-corrected chi connectivity index (χ0v) is 19.6. The number of aromatic nitrogens is 1. The third kappa shape index (κ3) is 5.93. The number of carbonyl (C=O) groups excluding carboxylic acids is 4. The monoisotopic (exact) mass is 472 g/mol. The number of aromatic amines is 1. The summed E-state index contributed by atoms with van der Waals surface area (Å²) in [6.45, 7) is 3.59. The van der Waals surface area contributed by atoms with Crippen LogP contribution in [0.4, 0.5) is 0 Å². The van der Waals surface area contributed by atoms with Crippen LogP contribution in [0.5, 0.6) is 5.75 Å². The van der Waals surface area contributed by atoms with E-state index in [1.54, 1.807) is 25.3 Å². The lowest BCUT2D eigenvalue weighted by molar-refractivity contribution is -0.131. The second-order valence-corrected chi connectivity index (χ2v) is 8.96. The Morgan fingerprint density at radius 1 is 1.21 bits per heavy atom. The van der Waals surface area contributed by atoms with E-state index in [1.807, 2.05) is 19.9 Å². The summed E-state index contributed by atoms with van der Waals surface area (Å²) in [5.41, 5.74) is 0.990. The minimum absolute atomic E-state index is 0.0754. The van der Waals surface area contributed by atoms with Crippen LogP contribution in [-0.4, -0.2) is 65.9 Å². The van der Waals surface area contributed by atoms with Crippen molar-refractivity contribution in [3.8, 4) is 5.75 Å². The van der Waals surface area contributed by atoms with E-state index in [1.165, 1.54) is 0 Å². The largest absolute Gasteiger partial charge is 0.496 e. The fourth-order valence-electron chi connectivity index (χ4n) is 4.17. The SMILES string of the molecule is COc1cccc2[nH]c(C(=O)N[C@@H](CC(C)C)C(=O)NC(C[C@@H]3CCNC3=O)C(=O)CO)cc12. The van der Waals surface area contributed by atoms with Crippen LogP contribution in [0.25, 0.3) is 10.9 Å². The Kier molecular flexibility index (Phi) is 8.27. The molecule has 184 valence electrons. The number of hydrogen-bond donors (Lipinski definition) is 5. The van der Waals surface area contributed by atoms with Crippen molar-refractivity contribution in [3.05, 3.63) is 30.0 Å². The van der Waals surface area contributed by atoms with Gasteiger partial charge in [0.2, 0.25) is 11.8 Å². The number of amides is 3. The predicted octanol–water partition coefficient (Wildman–Crippen LogP) is 0.893. The number of aliphatic hydroxyl groups excluding tert-OH is 1. The van der Waals surface area contributed by atoms with Gasteiger partial charge in [0.05, 0.1) is 13.2 Å². The Labute approximate surface area is 197 Å². The molecule has 3 atom stereocenters. The Morgan fingerprint density at radius 3 is 2.59 bits per heavy atom. The first-order valence-electron chi connectivity index (χ1n) is 11.4. The molecule has 0 bridgehead atoms. The van der Waals surface area contributed by atoms with Crippen molar-refractivity contribution >= 4 is 34.4 Å². The first-order valence-corrected chi connectivity index (χ1v) is 11.4. The molecule has 3 amide bonds. The molecule has 1 aromatic carbocycles. The molecule has 0 spiro atoms. The lowest BCUT2D eigenvalue weighted by atomic mass is 9.95. The van der Waals surface area contributed by atoms with E-state index in [-0.39, 0.29) is 23.9 Å². The maximum Gasteiger partial charge on any atom is 0.268 e. The molecule has 3 rings (SSSR count). The summed E-state index contributed by atoms with van der Waals surface area (Å²) in [4.78, 5) is 53.4. The maximum absolute atomic E-state index is 13.1. The highest BCUT2D eigenvalue weighted by atomic mass is 16.5. The van der Waals surface area contributed by atoms with E-state index in [2.05, 4.69) is 20.9 Å². The second-order valence-electron chi connectivity index (χ2n) is 8.96. The number of methoxy groups -OCH3 is 1. The van der Waals surface area contributed by atoms with Crippen LogP contribution in [0.2, 0.25) is 0 Å². The number of ether oxygens (including phenoxy) is 1. The van der Waals surface area contributed by atoms with Crippen LogP contribution < -0.4 is 20.7 Å². The molecule has 1 fully saturated rings. The van der Waals surface area contributed by atoms with Crippen molar-refractivity contribution in [3.63, 3.8) is 0 Å². The standard InChI is InChI=1S/C24H32N4O6/c1-13(2)9-18(23(32)27-17(20(30)12-29)10-14-7-8-25-22(14)31)28-24(33)19-11-15-16(26-19)5-4-6-21(15)34-3/h4-6,11,13-14,17-18,26,29H,7-10,12H2,1-3H3,(H,25,31)(H,27,32)(H,28,33)/t14-,17?,18-/m0/s1. The molecule has 0 radical (unpaired) electrons. The number of nitrogens with one attached hydrogen (secondary N) is 4. The summed E-state index contributed by atoms with van der Waals surface area (Å²) in [5, 5.41) is 18.2. The van der Waals surface area contributed by atoms with E-state index < -0.39 is 42.2 Å². The molecule has 1 saturated heterocycles. The number of fused-ring (bicyclic) bond motifs is 1. The van der Waals surface area contributed by atoms with Crippen LogP contribution in [0, 0.1) is 11.8 Å². The molecular weight excluding hydrogens is 440 g/mol. The number of H-pyrrole nitrogens is 1. The molecular formula is C24H32N4O6. The highest BCUT2D eigenvalue weighted by Crippen LogP contribution is 2.26. The van der Waals surface area contributed by atoms with Gasteiger partial charge in [-0.2, -0.15) is 0 Å². The van der Waals surface area contributed by atoms with Crippen molar-refractivity contribution in [1.82, 2.24) is 20.9 Å². The summed E-state index contributed by atoms with van der Waals surface area (Å²) >= 11 is 0. The van der Waals surface area contributed by atoms with Crippen molar-refractivity contribution in [2.24, 2.45) is 11.8 Å². The predicted molar refractivity (Wildman–Crippen MR) is 125 cm³/mol. The number of rotatable bonds is 11. The molecule has 34 heavy (non-hydrogen) atoms. The minimum Gasteiger partial charge on any atom is -0.496 e. The number of aliphatic hydroxyl groups is 1. The fourth-order valence-corrected chi connectivity index (χ4v) is 4.17. The zero-order chi connectivity index (χ0) is 24.8. The molecule has 1 aliphatic rings. The van der Waals surface area contributed by atoms with Gasteiger partial charge >= 0.3 is 0 Å². The number of hydrogen-bond acceptors (Lipinski definition) is 6. The topological polar surface area (TPSA) is 150 Å². The lowest BCUT2D eigenvalue weighted by Crippen LogP contribution is -2.53. The lowest BCUT2D eigenvalue weighted by Gasteiger charge is -2.24. The molecule has 0 saturated carbocycles. The van der Waals surface area contributed by atoms with Gasteiger partial charge in [-0.3, -0.25) is 19.2 Å². The minimum atomic E-state index is -1.02. The summed E-state index contributed by atoms with van der Waals surface area (Å²) in [5.74, 6) is -1.49. The molecule has 2 aromatic rings. The van der Waals surface area contributed by atoms with Gasteiger partial charge in [-0.05, 0) is 43.4 Å². The summed E-state index contributed by atoms with van der Waals surface area (Å²) in [6.07, 6.45) is 0.992. The van der Waals surface area contributed by atoms with Gasteiger partial charge in [-0.15, -0.1) is 0 Å². The molecule has 2 heterocycles. The second kappa shape index (κ2) is 11.1. The molecule has 1 aromatic heterocycles. The van der Waals surface area contributed by atoms with E-state index in [0.717, 1.165) is 10.9 Å². The number of Topliss-reactive ketones (excluding diaryl/α,β-unsaturated/α-hetero) is 1. The highest BCUT2D eigenvalue weighted by molar-refractivity contribution is 6.02. The first kappa shape index (κ1) is 25.2. The average Bonchev–Trinajstić information content (AvgIpc) is 3.43. The van der Waals surface area contributed by atoms with Crippen LogP contribution in [0.15, 0.2) is 24.3 Å². The van der Waals surface area contributed by atoms with E-state index >= 15 is 0 Å². The average molecular weight is 473 g/mol. The molecule has 1 aliphatic heterocycles. The van der Waals surface area contributed by atoms with Crippen molar-refractivity contribution in [1.29, 1.82) is 0 Å². The van der Waals surface area contributed by atoms with Gasteiger partial charge in [0.15, 0.2) is 5.78 Å². The zero-order valence-electron chi connectivity index (χ0n) is 19.6. The van der Waals surface area contributed by atoms with Gasteiger partial charge < -0.3 is 30.8 Å². The Bertz CT molecular complexity index is 1060. The highest BCUT2D eigenvalue weighted by Gasteiger charge is 2.33. The quantitative estimate of drug-likeness (QED) is 0.328. The van der Waals surface area contributed by atoms with Gasteiger partial charge in [-0.25, -0.2) is 0 Å². The van der Waals surface area contributed by atoms with Crippen molar-refractivity contribution < 1.29 is 29.0 Å². The van der Waals surface area contributed by atoms with E-state index in [0.29, 0.717) is 25.1 Å². The first-order chi connectivity index (χ1) is 16.2. The van der Waals surface area contributed by atoms with Gasteiger partial charge in [0.1, 0.15) is 24.1 Å². The summed E-state index contributed by atoms with van der Waals surface area (Å²) < 4.78 is 5.33. The van der Waals surface area contributed by atoms with E-state index in [4.69, 9.17) is 4.74 Å². The molecule has 0 aliphatic carbocycles. The van der Waals surface area contributed by atoms with Gasteiger partial charge in [0, 0.05) is 23.4 Å². The third-order valence-corrected chi connectivity index (χ3v) is 5.96. The van der Waals surface area contributed by atoms with Gasteiger partial charge in [-0.1, -0.05) is 19.9 Å². The number of ketones is 1. The van der Waals surface area contributed by atoms with Crippen LogP contribution in [0.1, 0.15) is 43.6 Å². The number of benzene rings is 1. The Hall–Kier alpha value is -3.40. The molecule has 10 heteroatoms. The van der Waals surface area contributed by atoms with Crippen LogP contribution >= 0.6 is 0 Å². The van der Waals surface area contributed by atoms with Crippen molar-refractivity contribution in [2.75, 3.05) is 20.3 Å². The maximum atomic E-state index is 13.1. The van der Waals surface area contributed by atoms with E-state index in [9.17, 15) is 24.3 Å². The van der Waals surface area contributed by atoms with Crippen LogP contribution in [0.3, 0.4) is 0 Å². The smallest absolute Gasteiger partial charge is 0.268 e. The molecule has 5 N–H and O–H groups in total. The third-order valence-electron chi connectivity index (χ3n) is 5.96. The number of carbonyl (C=O) groups is 4. The Balaban J connectivity index is 1.75. The summed E-state index contributed by atoms with van der Waals surface area (Å²) in [6, 6.07) is 5.14. The normalized spacial score (nSPS) is 17.3.